The van der Waals surface area contributed by atoms with Gasteiger partial charge >= 0.3 is 0 Å². The smallest absolute Gasteiger partial charge is 0.196 e. The Morgan fingerprint density at radius 1 is 1.26 bits per heavy atom. The van der Waals surface area contributed by atoms with Crippen LogP contribution >= 0.6 is 0 Å². The van der Waals surface area contributed by atoms with Crippen molar-refractivity contribution in [2.45, 2.75) is 64.5 Å². The Bertz CT molecular complexity index is 594. The number of rotatable bonds is 6. The average molecular weight is 313 g/mol. The van der Waals surface area contributed by atoms with Crippen LogP contribution in [0.1, 0.15) is 62.7 Å². The van der Waals surface area contributed by atoms with Crippen molar-refractivity contribution >= 4 is 0 Å². The third-order valence-electron chi connectivity index (χ3n) is 4.64. The highest BCUT2D eigenvalue weighted by atomic mass is 16.3. The molecule has 0 amide bonds. The molecule has 0 aliphatic carbocycles. The van der Waals surface area contributed by atoms with E-state index in [1.807, 2.05) is 18.5 Å². The minimum atomic E-state index is 0.352. The van der Waals surface area contributed by atoms with Crippen LogP contribution in [0, 0.1) is 0 Å². The Kier molecular flexibility index (Phi) is 5.44. The summed E-state index contributed by atoms with van der Waals surface area (Å²) >= 11 is 0. The van der Waals surface area contributed by atoms with Crippen LogP contribution in [0.25, 0.3) is 0 Å². The molecule has 0 N–H and O–H groups in total. The van der Waals surface area contributed by atoms with Crippen LogP contribution in [0.4, 0.5) is 0 Å². The Labute approximate surface area is 138 Å². The molecular formula is C19H27N3O. The highest BCUT2D eigenvalue weighted by Gasteiger charge is 2.23. The Balaban J connectivity index is 1.59. The van der Waals surface area contributed by atoms with E-state index >= 15 is 0 Å². The van der Waals surface area contributed by atoms with Gasteiger partial charge in [-0.1, -0.05) is 26.3 Å². The second-order valence-electron chi connectivity index (χ2n) is 6.81. The van der Waals surface area contributed by atoms with E-state index in [0.29, 0.717) is 12.0 Å². The van der Waals surface area contributed by atoms with Gasteiger partial charge in [0, 0.05) is 30.4 Å². The number of pyridine rings is 1. The summed E-state index contributed by atoms with van der Waals surface area (Å²) < 4.78 is 5.58. The predicted molar refractivity (Wildman–Crippen MR) is 91.2 cm³/mol. The first kappa shape index (κ1) is 16.2. The first-order valence-electron chi connectivity index (χ1n) is 8.80. The van der Waals surface area contributed by atoms with E-state index in [4.69, 9.17) is 4.42 Å². The van der Waals surface area contributed by atoms with Gasteiger partial charge in [0.05, 0.1) is 5.69 Å². The molecule has 1 aliphatic rings. The molecule has 4 nitrogen and oxygen atoms in total. The third-order valence-corrected chi connectivity index (χ3v) is 4.64. The summed E-state index contributed by atoms with van der Waals surface area (Å²) in [6, 6.07) is 6.81. The van der Waals surface area contributed by atoms with Crippen molar-refractivity contribution in [1.29, 1.82) is 0 Å². The maximum atomic E-state index is 5.58. The molecule has 1 saturated heterocycles. The van der Waals surface area contributed by atoms with E-state index in [1.165, 1.54) is 31.4 Å². The molecule has 0 radical (unpaired) electrons. The van der Waals surface area contributed by atoms with Gasteiger partial charge in [-0.2, -0.15) is 0 Å². The maximum absolute atomic E-state index is 5.58. The van der Waals surface area contributed by atoms with E-state index in [1.54, 1.807) is 0 Å². The molecule has 2 aromatic heterocycles. The van der Waals surface area contributed by atoms with Crippen molar-refractivity contribution in [3.05, 3.63) is 47.9 Å². The van der Waals surface area contributed by atoms with Gasteiger partial charge in [0.1, 0.15) is 6.26 Å². The van der Waals surface area contributed by atoms with E-state index < -0.39 is 0 Å². The van der Waals surface area contributed by atoms with Gasteiger partial charge in [0.25, 0.3) is 0 Å². The molecule has 1 unspecified atom stereocenters. The van der Waals surface area contributed by atoms with E-state index in [-0.39, 0.29) is 0 Å². The van der Waals surface area contributed by atoms with Crippen molar-refractivity contribution < 1.29 is 4.42 Å². The Morgan fingerprint density at radius 3 is 2.91 bits per heavy atom. The molecule has 0 aromatic carbocycles. The molecule has 2 aromatic rings. The molecular weight excluding hydrogens is 286 g/mol. The highest BCUT2D eigenvalue weighted by Crippen LogP contribution is 2.23. The summed E-state index contributed by atoms with van der Waals surface area (Å²) in [6.45, 7) is 6.30. The quantitative estimate of drug-likeness (QED) is 0.802. The molecule has 0 spiro atoms. The lowest BCUT2D eigenvalue weighted by Gasteiger charge is -2.35. The minimum absolute atomic E-state index is 0.352. The van der Waals surface area contributed by atoms with E-state index in [2.05, 4.69) is 40.8 Å². The lowest BCUT2D eigenvalue weighted by Crippen LogP contribution is -2.39. The average Bonchev–Trinajstić information content (AvgIpc) is 3.04. The maximum Gasteiger partial charge on any atom is 0.196 e. The molecule has 3 rings (SSSR count). The number of nitrogens with zero attached hydrogens (tertiary/aromatic N) is 3. The van der Waals surface area contributed by atoms with Gasteiger partial charge in [-0.3, -0.25) is 9.88 Å². The number of hydrogen-bond acceptors (Lipinski definition) is 4. The van der Waals surface area contributed by atoms with Crippen LogP contribution in [-0.2, 0) is 13.0 Å². The monoisotopic (exact) mass is 313 g/mol. The summed E-state index contributed by atoms with van der Waals surface area (Å²) in [7, 11) is 0. The number of piperidine rings is 1. The van der Waals surface area contributed by atoms with E-state index in [0.717, 1.165) is 31.1 Å². The number of oxazole rings is 1. The van der Waals surface area contributed by atoms with Crippen molar-refractivity contribution in [1.82, 2.24) is 14.9 Å². The molecule has 3 heterocycles. The fourth-order valence-electron chi connectivity index (χ4n) is 3.32. The molecule has 1 fully saturated rings. The van der Waals surface area contributed by atoms with Crippen molar-refractivity contribution in [2.75, 3.05) is 6.54 Å². The zero-order valence-corrected chi connectivity index (χ0v) is 14.2. The fraction of sp³-hybridized carbons (Fsp3) is 0.579. The SMILES string of the molecule is CC(C)c1nc(CN2CCCCC2CCc2ccccn2)co1. The lowest BCUT2D eigenvalue weighted by atomic mass is 9.97. The van der Waals surface area contributed by atoms with Crippen molar-refractivity contribution in [3.8, 4) is 0 Å². The molecule has 0 bridgehead atoms. The topological polar surface area (TPSA) is 42.2 Å². The fourth-order valence-corrected chi connectivity index (χ4v) is 3.32. The molecule has 23 heavy (non-hydrogen) atoms. The van der Waals surface area contributed by atoms with Crippen LogP contribution in [0.5, 0.6) is 0 Å². The number of aromatic nitrogens is 2. The Morgan fingerprint density at radius 2 is 2.17 bits per heavy atom. The summed E-state index contributed by atoms with van der Waals surface area (Å²) in [5, 5.41) is 0. The van der Waals surface area contributed by atoms with Gasteiger partial charge in [0.2, 0.25) is 0 Å². The third kappa shape index (κ3) is 4.41. The van der Waals surface area contributed by atoms with E-state index in [9.17, 15) is 0 Å². The molecule has 0 saturated carbocycles. The van der Waals surface area contributed by atoms with Crippen LogP contribution in [-0.4, -0.2) is 27.5 Å². The predicted octanol–water partition coefficient (Wildman–Crippen LogP) is 4.18. The van der Waals surface area contributed by atoms with Gasteiger partial charge in [-0.15, -0.1) is 0 Å². The normalized spacial score (nSPS) is 19.3. The van der Waals surface area contributed by atoms with Gasteiger partial charge < -0.3 is 4.42 Å². The zero-order chi connectivity index (χ0) is 16.1. The summed E-state index contributed by atoms with van der Waals surface area (Å²) in [4.78, 5) is 11.7. The molecule has 1 aliphatic heterocycles. The second kappa shape index (κ2) is 7.73. The second-order valence-corrected chi connectivity index (χ2v) is 6.81. The van der Waals surface area contributed by atoms with Crippen LogP contribution in [0.15, 0.2) is 35.1 Å². The molecule has 124 valence electrons. The number of likely N-dealkylation sites (tertiary alicyclic amines) is 1. The highest BCUT2D eigenvalue weighted by molar-refractivity contribution is 5.04. The van der Waals surface area contributed by atoms with Crippen molar-refractivity contribution in [3.63, 3.8) is 0 Å². The Hall–Kier alpha value is -1.68. The van der Waals surface area contributed by atoms with Gasteiger partial charge in [-0.25, -0.2) is 4.98 Å². The lowest BCUT2D eigenvalue weighted by molar-refractivity contribution is 0.130. The minimum Gasteiger partial charge on any atom is -0.448 e. The van der Waals surface area contributed by atoms with Gasteiger partial charge in [-0.05, 0) is 44.4 Å². The first-order valence-corrected chi connectivity index (χ1v) is 8.80. The van der Waals surface area contributed by atoms with Crippen molar-refractivity contribution in [2.24, 2.45) is 0 Å². The van der Waals surface area contributed by atoms with Gasteiger partial charge in [0.15, 0.2) is 5.89 Å². The number of hydrogen-bond donors (Lipinski definition) is 0. The zero-order valence-electron chi connectivity index (χ0n) is 14.2. The van der Waals surface area contributed by atoms with Crippen LogP contribution < -0.4 is 0 Å². The molecule has 4 heteroatoms. The summed E-state index contributed by atoms with van der Waals surface area (Å²) in [5.74, 6) is 1.20. The first-order chi connectivity index (χ1) is 11.2. The largest absolute Gasteiger partial charge is 0.448 e. The van der Waals surface area contributed by atoms with Crippen LogP contribution in [0.2, 0.25) is 0 Å². The standard InChI is InChI=1S/C19H27N3O/c1-15(2)19-21-17(14-23-19)13-22-12-6-4-8-18(22)10-9-16-7-3-5-11-20-16/h3,5,7,11,14-15,18H,4,6,8-10,12-13H2,1-2H3. The molecule has 1 atom stereocenters. The summed E-state index contributed by atoms with van der Waals surface area (Å²) in [6.07, 6.45) is 9.84. The number of aryl methyl sites for hydroxylation is 1. The van der Waals surface area contributed by atoms with Crippen LogP contribution in [0.3, 0.4) is 0 Å². The summed E-state index contributed by atoms with van der Waals surface area (Å²) in [5.41, 5.74) is 2.26.